The normalized spacial score (nSPS) is 10.7. The Labute approximate surface area is 115 Å². The maximum absolute atomic E-state index is 13.5. The molecule has 0 saturated heterocycles. The first-order valence-electron chi connectivity index (χ1n) is 6.18. The highest BCUT2D eigenvalue weighted by Crippen LogP contribution is 2.31. The van der Waals surface area contributed by atoms with Gasteiger partial charge < -0.3 is 5.11 Å². The van der Waals surface area contributed by atoms with Crippen LogP contribution in [-0.4, -0.2) is 11.1 Å². The molecule has 0 bridgehead atoms. The Morgan fingerprint density at radius 3 is 2.45 bits per heavy atom. The van der Waals surface area contributed by atoms with Crippen molar-refractivity contribution in [1.29, 1.82) is 0 Å². The molecule has 3 rings (SSSR count). The lowest BCUT2D eigenvalue weighted by molar-refractivity contribution is 0.0697. The monoisotopic (exact) mass is 266 g/mol. The SMILES string of the molecule is O=C(O)c1ccc(F)cc1-c1cccc2ccccc12. The topological polar surface area (TPSA) is 37.3 Å². The highest BCUT2D eigenvalue weighted by atomic mass is 19.1. The minimum absolute atomic E-state index is 0.0998. The zero-order valence-corrected chi connectivity index (χ0v) is 10.5. The summed E-state index contributed by atoms with van der Waals surface area (Å²) in [7, 11) is 0. The molecule has 3 heteroatoms. The van der Waals surface area contributed by atoms with E-state index in [-0.39, 0.29) is 5.56 Å². The first kappa shape index (κ1) is 12.4. The molecule has 1 N–H and O–H groups in total. The molecule has 0 aliphatic heterocycles. The number of rotatable bonds is 2. The van der Waals surface area contributed by atoms with E-state index in [9.17, 15) is 14.3 Å². The molecule has 0 fully saturated rings. The molecule has 3 aromatic rings. The molecule has 0 radical (unpaired) electrons. The highest BCUT2D eigenvalue weighted by Gasteiger charge is 2.14. The molecule has 0 amide bonds. The third kappa shape index (κ3) is 2.03. The van der Waals surface area contributed by atoms with E-state index in [2.05, 4.69) is 0 Å². The fourth-order valence-corrected chi connectivity index (χ4v) is 2.39. The number of carbonyl (C=O) groups is 1. The molecular weight excluding hydrogens is 255 g/mol. The Morgan fingerprint density at radius 1 is 0.900 bits per heavy atom. The third-order valence-electron chi connectivity index (χ3n) is 3.29. The molecule has 3 aromatic carbocycles. The average molecular weight is 266 g/mol. The number of fused-ring (bicyclic) bond motifs is 1. The van der Waals surface area contributed by atoms with Gasteiger partial charge in [0.15, 0.2) is 0 Å². The predicted molar refractivity (Wildman–Crippen MR) is 76.3 cm³/mol. The molecule has 20 heavy (non-hydrogen) atoms. The number of hydrogen-bond donors (Lipinski definition) is 1. The Balaban J connectivity index is 2.36. The van der Waals surface area contributed by atoms with E-state index >= 15 is 0 Å². The summed E-state index contributed by atoms with van der Waals surface area (Å²) >= 11 is 0. The zero-order chi connectivity index (χ0) is 14.1. The van der Waals surface area contributed by atoms with Crippen molar-refractivity contribution in [2.24, 2.45) is 0 Å². The van der Waals surface area contributed by atoms with Gasteiger partial charge in [-0.15, -0.1) is 0 Å². The van der Waals surface area contributed by atoms with Gasteiger partial charge in [-0.2, -0.15) is 0 Å². The molecule has 0 saturated carbocycles. The van der Waals surface area contributed by atoms with Gasteiger partial charge in [0, 0.05) is 0 Å². The van der Waals surface area contributed by atoms with Crippen LogP contribution in [0, 0.1) is 5.82 Å². The highest BCUT2D eigenvalue weighted by molar-refractivity contribution is 6.03. The molecule has 0 spiro atoms. The molecule has 98 valence electrons. The quantitative estimate of drug-likeness (QED) is 0.749. The molecule has 0 atom stereocenters. The maximum atomic E-state index is 13.5. The van der Waals surface area contributed by atoms with Crippen molar-refractivity contribution in [2.45, 2.75) is 0 Å². The van der Waals surface area contributed by atoms with Gasteiger partial charge in [0.2, 0.25) is 0 Å². The lowest BCUT2D eigenvalue weighted by Crippen LogP contribution is -2.00. The van der Waals surface area contributed by atoms with E-state index in [0.29, 0.717) is 5.56 Å². The summed E-state index contributed by atoms with van der Waals surface area (Å²) in [5.41, 5.74) is 1.22. The summed E-state index contributed by atoms with van der Waals surface area (Å²) in [5, 5.41) is 11.2. The summed E-state index contributed by atoms with van der Waals surface area (Å²) < 4.78 is 13.5. The summed E-state index contributed by atoms with van der Waals surface area (Å²) in [6, 6.07) is 17.0. The van der Waals surface area contributed by atoms with Crippen molar-refractivity contribution in [1.82, 2.24) is 0 Å². The van der Waals surface area contributed by atoms with Gasteiger partial charge >= 0.3 is 5.97 Å². The van der Waals surface area contributed by atoms with Crippen LogP contribution >= 0.6 is 0 Å². The average Bonchev–Trinajstić information content (AvgIpc) is 2.46. The van der Waals surface area contributed by atoms with Gasteiger partial charge in [-0.25, -0.2) is 9.18 Å². The van der Waals surface area contributed by atoms with Crippen molar-refractivity contribution in [3.8, 4) is 11.1 Å². The first-order valence-corrected chi connectivity index (χ1v) is 6.18. The molecule has 0 aromatic heterocycles. The summed E-state index contributed by atoms with van der Waals surface area (Å²) in [4.78, 5) is 11.3. The van der Waals surface area contributed by atoms with Gasteiger partial charge in [-0.1, -0.05) is 42.5 Å². The number of benzene rings is 3. The largest absolute Gasteiger partial charge is 0.478 e. The number of halogens is 1. The van der Waals surface area contributed by atoms with E-state index in [1.54, 1.807) is 0 Å². The van der Waals surface area contributed by atoms with Gasteiger partial charge in [0.1, 0.15) is 5.82 Å². The maximum Gasteiger partial charge on any atom is 0.336 e. The standard InChI is InChI=1S/C17H11FO2/c18-12-8-9-15(17(19)20)16(10-12)14-7-3-5-11-4-1-2-6-13(11)14/h1-10H,(H,19,20). The lowest BCUT2D eigenvalue weighted by Gasteiger charge is -2.10. The van der Waals surface area contributed by atoms with Crippen LogP contribution in [-0.2, 0) is 0 Å². The summed E-state index contributed by atoms with van der Waals surface area (Å²) in [6.45, 7) is 0. The number of carboxylic acid groups (broad SMARTS) is 1. The number of hydrogen-bond acceptors (Lipinski definition) is 1. The van der Waals surface area contributed by atoms with E-state index in [4.69, 9.17) is 0 Å². The van der Waals surface area contributed by atoms with Gasteiger partial charge in [-0.3, -0.25) is 0 Å². The van der Waals surface area contributed by atoms with Crippen LogP contribution in [0.15, 0.2) is 60.7 Å². The van der Waals surface area contributed by atoms with Crippen LogP contribution in [0.1, 0.15) is 10.4 Å². The molecule has 0 heterocycles. The fraction of sp³-hybridized carbons (Fsp3) is 0. The fourth-order valence-electron chi connectivity index (χ4n) is 2.39. The van der Waals surface area contributed by atoms with Gasteiger partial charge in [-0.05, 0) is 40.1 Å². The van der Waals surface area contributed by atoms with Gasteiger partial charge in [0.05, 0.1) is 5.56 Å². The molecule has 0 aliphatic rings. The zero-order valence-electron chi connectivity index (χ0n) is 10.5. The predicted octanol–water partition coefficient (Wildman–Crippen LogP) is 4.34. The van der Waals surface area contributed by atoms with Crippen molar-refractivity contribution in [3.63, 3.8) is 0 Å². The second-order valence-electron chi connectivity index (χ2n) is 4.52. The minimum atomic E-state index is -1.06. The van der Waals surface area contributed by atoms with Crippen molar-refractivity contribution in [3.05, 3.63) is 72.0 Å². The van der Waals surface area contributed by atoms with Crippen LogP contribution in [0.4, 0.5) is 4.39 Å². The van der Waals surface area contributed by atoms with Crippen LogP contribution in [0.25, 0.3) is 21.9 Å². The number of carboxylic acids is 1. The Bertz CT molecular complexity index is 804. The third-order valence-corrected chi connectivity index (χ3v) is 3.29. The Hall–Kier alpha value is -2.68. The minimum Gasteiger partial charge on any atom is -0.478 e. The lowest BCUT2D eigenvalue weighted by atomic mass is 9.94. The smallest absolute Gasteiger partial charge is 0.336 e. The second kappa shape index (κ2) is 4.78. The van der Waals surface area contributed by atoms with E-state index in [1.165, 1.54) is 12.1 Å². The van der Waals surface area contributed by atoms with Crippen LogP contribution in [0.5, 0.6) is 0 Å². The van der Waals surface area contributed by atoms with E-state index in [0.717, 1.165) is 22.4 Å². The molecule has 0 unspecified atom stereocenters. The molecule has 0 aliphatic carbocycles. The van der Waals surface area contributed by atoms with Crippen LogP contribution in [0.2, 0.25) is 0 Å². The molecular formula is C17H11FO2. The summed E-state index contributed by atoms with van der Waals surface area (Å²) in [6.07, 6.45) is 0. The van der Waals surface area contributed by atoms with E-state index in [1.807, 2.05) is 42.5 Å². The van der Waals surface area contributed by atoms with E-state index < -0.39 is 11.8 Å². The van der Waals surface area contributed by atoms with Crippen LogP contribution < -0.4 is 0 Å². The molecule has 2 nitrogen and oxygen atoms in total. The second-order valence-corrected chi connectivity index (χ2v) is 4.52. The Kier molecular flexibility index (Phi) is 2.95. The summed E-state index contributed by atoms with van der Waals surface area (Å²) in [5.74, 6) is -1.51. The number of aromatic carboxylic acids is 1. The van der Waals surface area contributed by atoms with Crippen molar-refractivity contribution >= 4 is 16.7 Å². The van der Waals surface area contributed by atoms with Crippen LogP contribution in [0.3, 0.4) is 0 Å². The van der Waals surface area contributed by atoms with Crippen molar-refractivity contribution in [2.75, 3.05) is 0 Å². The first-order chi connectivity index (χ1) is 9.66. The van der Waals surface area contributed by atoms with Crippen molar-refractivity contribution < 1.29 is 14.3 Å². The van der Waals surface area contributed by atoms with Gasteiger partial charge in [0.25, 0.3) is 0 Å². The Morgan fingerprint density at radius 2 is 1.65 bits per heavy atom.